The number of aromatic nitrogens is 2. The van der Waals surface area contributed by atoms with Crippen LogP contribution in [0.2, 0.25) is 0 Å². The number of ether oxygens (including phenoxy) is 2. The van der Waals surface area contributed by atoms with Crippen molar-refractivity contribution in [2.45, 2.75) is 78.0 Å². The molecular weight excluding hydrogens is 364 g/mol. The van der Waals surface area contributed by atoms with Crippen molar-refractivity contribution in [2.75, 3.05) is 6.54 Å². The molecule has 2 amide bonds. The van der Waals surface area contributed by atoms with E-state index < -0.39 is 35.3 Å². The van der Waals surface area contributed by atoms with Gasteiger partial charge in [0.05, 0.1) is 0 Å². The zero-order valence-electron chi connectivity index (χ0n) is 17.6. The lowest BCUT2D eigenvalue weighted by Crippen LogP contribution is -2.45. The molecule has 9 heteroatoms. The fourth-order valence-electron chi connectivity index (χ4n) is 2.20. The molecule has 1 aromatic rings. The molecule has 0 aliphatic carbocycles. The highest BCUT2D eigenvalue weighted by atomic mass is 16.6. The number of rotatable bonds is 7. The molecule has 9 nitrogen and oxygen atoms in total. The minimum Gasteiger partial charge on any atom is -0.458 e. The predicted molar refractivity (Wildman–Crippen MR) is 104 cm³/mol. The Labute approximate surface area is 166 Å². The molecule has 1 heterocycles. The van der Waals surface area contributed by atoms with E-state index >= 15 is 0 Å². The number of unbranched alkanes of at least 4 members (excludes halogenated alkanes) is 1. The van der Waals surface area contributed by atoms with E-state index in [0.29, 0.717) is 25.8 Å². The minimum absolute atomic E-state index is 0.380. The van der Waals surface area contributed by atoms with Crippen LogP contribution in [0.5, 0.6) is 0 Å². The number of hydrogen-bond donors (Lipinski definition) is 2. The van der Waals surface area contributed by atoms with Crippen LogP contribution in [0.3, 0.4) is 0 Å². The van der Waals surface area contributed by atoms with Crippen LogP contribution >= 0.6 is 0 Å². The van der Waals surface area contributed by atoms with Crippen molar-refractivity contribution >= 4 is 18.1 Å². The fraction of sp³-hybridized carbons (Fsp3) is 0.684. The van der Waals surface area contributed by atoms with Crippen molar-refractivity contribution in [3.63, 3.8) is 0 Å². The number of imidazole rings is 1. The molecule has 0 radical (unpaired) electrons. The molecule has 0 bridgehead atoms. The molecular formula is C19H32N4O5. The Hall–Kier alpha value is -2.58. The van der Waals surface area contributed by atoms with Gasteiger partial charge in [0.2, 0.25) is 0 Å². The highest BCUT2D eigenvalue weighted by molar-refractivity contribution is 5.84. The van der Waals surface area contributed by atoms with Crippen LogP contribution in [0.1, 0.15) is 60.8 Å². The first-order valence-corrected chi connectivity index (χ1v) is 9.36. The van der Waals surface area contributed by atoms with Crippen molar-refractivity contribution in [2.24, 2.45) is 0 Å². The lowest BCUT2D eigenvalue weighted by atomic mass is 10.1. The number of alkyl carbamates (subject to hydrolysis) is 1. The number of amides is 2. The standard InChI is InChI=1S/C19H32N4O5/c1-18(2,3)27-15(24)14(22-16(25)23-12-11-20-13-23)9-7-8-10-21-17(26)28-19(4,5)6/h11-14H,7-10H2,1-6H3,(H,21,26)(H,22,25)/t14-/m0/s1. The average molecular weight is 396 g/mol. The zero-order valence-corrected chi connectivity index (χ0v) is 17.6. The third-order valence-corrected chi connectivity index (χ3v) is 3.32. The summed E-state index contributed by atoms with van der Waals surface area (Å²) in [6.45, 7) is 11.1. The number of esters is 1. The zero-order chi connectivity index (χ0) is 21.4. The largest absolute Gasteiger partial charge is 0.458 e. The van der Waals surface area contributed by atoms with Gasteiger partial charge in [0.1, 0.15) is 23.6 Å². The van der Waals surface area contributed by atoms with Crippen LogP contribution in [0.15, 0.2) is 18.7 Å². The highest BCUT2D eigenvalue weighted by Crippen LogP contribution is 2.12. The summed E-state index contributed by atoms with van der Waals surface area (Å²) in [5.41, 5.74) is -1.21. The van der Waals surface area contributed by atoms with Gasteiger partial charge in [-0.3, -0.25) is 4.57 Å². The number of hydrogen-bond acceptors (Lipinski definition) is 6. The molecule has 0 aromatic carbocycles. The fourth-order valence-corrected chi connectivity index (χ4v) is 2.20. The Morgan fingerprint density at radius 1 is 1.04 bits per heavy atom. The van der Waals surface area contributed by atoms with E-state index in [1.807, 2.05) is 0 Å². The van der Waals surface area contributed by atoms with E-state index in [1.165, 1.54) is 23.3 Å². The first-order valence-electron chi connectivity index (χ1n) is 9.36. The van der Waals surface area contributed by atoms with Crippen LogP contribution in [-0.4, -0.2) is 51.4 Å². The normalized spacial score (nSPS) is 12.8. The highest BCUT2D eigenvalue weighted by Gasteiger charge is 2.26. The molecule has 1 atom stereocenters. The topological polar surface area (TPSA) is 112 Å². The minimum atomic E-state index is -0.796. The lowest BCUT2D eigenvalue weighted by molar-refractivity contribution is -0.157. The third kappa shape index (κ3) is 9.94. The molecule has 1 aromatic heterocycles. The summed E-state index contributed by atoms with van der Waals surface area (Å²) in [6.07, 6.45) is 5.45. The second kappa shape index (κ2) is 10.1. The number of nitrogens with zero attached hydrogens (tertiary/aromatic N) is 2. The summed E-state index contributed by atoms with van der Waals surface area (Å²) in [5.74, 6) is -0.499. The first-order chi connectivity index (χ1) is 12.9. The van der Waals surface area contributed by atoms with E-state index in [-0.39, 0.29) is 0 Å². The van der Waals surface area contributed by atoms with Gasteiger partial charge in [-0.25, -0.2) is 19.4 Å². The second-order valence-corrected chi connectivity index (χ2v) is 8.43. The Kier molecular flexibility index (Phi) is 8.46. The van der Waals surface area contributed by atoms with Gasteiger partial charge in [-0.15, -0.1) is 0 Å². The quantitative estimate of drug-likeness (QED) is 0.541. The van der Waals surface area contributed by atoms with Crippen molar-refractivity contribution in [1.29, 1.82) is 0 Å². The van der Waals surface area contributed by atoms with Gasteiger partial charge in [0, 0.05) is 18.9 Å². The van der Waals surface area contributed by atoms with Crippen LogP contribution in [-0.2, 0) is 14.3 Å². The Bertz CT molecular complexity index is 644. The van der Waals surface area contributed by atoms with Gasteiger partial charge in [-0.05, 0) is 60.8 Å². The summed E-state index contributed by atoms with van der Waals surface area (Å²) < 4.78 is 11.8. The molecule has 0 aliphatic heterocycles. The first kappa shape index (κ1) is 23.5. The Morgan fingerprint density at radius 3 is 2.21 bits per heavy atom. The maximum absolute atomic E-state index is 12.4. The van der Waals surface area contributed by atoms with E-state index in [9.17, 15) is 14.4 Å². The van der Waals surface area contributed by atoms with Gasteiger partial charge in [0.25, 0.3) is 0 Å². The van der Waals surface area contributed by atoms with Crippen molar-refractivity contribution in [3.8, 4) is 0 Å². The van der Waals surface area contributed by atoms with Crippen LogP contribution in [0.25, 0.3) is 0 Å². The van der Waals surface area contributed by atoms with Gasteiger partial charge in [-0.1, -0.05) is 0 Å². The van der Waals surface area contributed by atoms with E-state index in [0.717, 1.165) is 0 Å². The van der Waals surface area contributed by atoms with Gasteiger partial charge in [-0.2, -0.15) is 0 Å². The summed E-state index contributed by atoms with van der Waals surface area (Å²) >= 11 is 0. The SMILES string of the molecule is CC(C)(C)OC(=O)NCCCC[C@H](NC(=O)n1ccnc1)C(=O)OC(C)(C)C. The molecule has 0 unspecified atom stereocenters. The maximum atomic E-state index is 12.4. The molecule has 0 saturated heterocycles. The molecule has 2 N–H and O–H groups in total. The summed E-state index contributed by atoms with van der Waals surface area (Å²) in [4.78, 5) is 40.1. The average Bonchev–Trinajstić information content (AvgIpc) is 3.04. The number of nitrogens with one attached hydrogen (secondary N) is 2. The monoisotopic (exact) mass is 396 g/mol. The number of carbonyl (C=O) groups excluding carboxylic acids is 3. The molecule has 0 aliphatic rings. The van der Waals surface area contributed by atoms with Crippen LogP contribution < -0.4 is 10.6 Å². The molecule has 158 valence electrons. The van der Waals surface area contributed by atoms with Gasteiger partial charge in [0.15, 0.2) is 0 Å². The summed E-state index contributed by atoms with van der Waals surface area (Å²) in [6, 6.07) is -1.25. The molecule has 28 heavy (non-hydrogen) atoms. The smallest absolute Gasteiger partial charge is 0.407 e. The van der Waals surface area contributed by atoms with Crippen molar-refractivity contribution in [1.82, 2.24) is 20.2 Å². The number of carbonyl (C=O) groups is 3. The van der Waals surface area contributed by atoms with Gasteiger partial charge >= 0.3 is 18.1 Å². The molecule has 0 fully saturated rings. The van der Waals surface area contributed by atoms with Crippen LogP contribution in [0, 0.1) is 0 Å². The molecule has 0 spiro atoms. The van der Waals surface area contributed by atoms with E-state index in [1.54, 1.807) is 41.5 Å². The summed E-state index contributed by atoms with van der Waals surface area (Å²) in [7, 11) is 0. The predicted octanol–water partition coefficient (Wildman–Crippen LogP) is 2.85. The van der Waals surface area contributed by atoms with E-state index in [4.69, 9.17) is 9.47 Å². The van der Waals surface area contributed by atoms with Crippen LogP contribution in [0.4, 0.5) is 9.59 Å². The second-order valence-electron chi connectivity index (χ2n) is 8.43. The maximum Gasteiger partial charge on any atom is 0.407 e. The molecule has 0 saturated carbocycles. The Balaban J connectivity index is 2.52. The third-order valence-electron chi connectivity index (χ3n) is 3.32. The lowest BCUT2D eigenvalue weighted by Gasteiger charge is -2.24. The van der Waals surface area contributed by atoms with Crippen molar-refractivity contribution in [3.05, 3.63) is 18.7 Å². The van der Waals surface area contributed by atoms with E-state index in [2.05, 4.69) is 15.6 Å². The Morgan fingerprint density at radius 2 is 1.68 bits per heavy atom. The van der Waals surface area contributed by atoms with Crippen molar-refractivity contribution < 1.29 is 23.9 Å². The summed E-state index contributed by atoms with van der Waals surface area (Å²) in [5, 5.41) is 5.34. The van der Waals surface area contributed by atoms with Gasteiger partial charge < -0.3 is 20.1 Å². The molecule has 1 rings (SSSR count).